The van der Waals surface area contributed by atoms with Crippen LogP contribution in [0.3, 0.4) is 0 Å². The van der Waals surface area contributed by atoms with Crippen LogP contribution in [0.4, 0.5) is 0 Å². The second-order valence-electron chi connectivity index (χ2n) is 5.07. The molecule has 0 spiro atoms. The average molecular weight is 341 g/mol. The lowest BCUT2D eigenvalue weighted by Gasteiger charge is -2.08. The van der Waals surface area contributed by atoms with E-state index in [1.165, 1.54) is 12.3 Å². The standard InChI is InChI=1S/C17H13ClN4O2/c1-11-14(8-19)16(22(21-11)13-5-3-2-4-6-13)10-24-17(23)15-7-12(18)9-20-15/h2-7,9,20H,10H2,1H3. The molecule has 3 aromatic rings. The Labute approximate surface area is 143 Å². The molecule has 0 atom stereocenters. The van der Waals surface area contributed by atoms with Crippen molar-refractivity contribution in [2.24, 2.45) is 0 Å². The zero-order chi connectivity index (χ0) is 17.1. The Balaban J connectivity index is 1.90. The molecule has 0 unspecified atom stereocenters. The average Bonchev–Trinajstić information content (AvgIpc) is 3.16. The van der Waals surface area contributed by atoms with Gasteiger partial charge in [0.05, 0.1) is 22.1 Å². The lowest BCUT2D eigenvalue weighted by Crippen LogP contribution is -2.10. The van der Waals surface area contributed by atoms with Gasteiger partial charge in [-0.05, 0) is 25.1 Å². The molecule has 0 saturated heterocycles. The van der Waals surface area contributed by atoms with Crippen LogP contribution in [-0.4, -0.2) is 20.7 Å². The van der Waals surface area contributed by atoms with Gasteiger partial charge in [-0.3, -0.25) is 0 Å². The number of hydrogen-bond donors (Lipinski definition) is 1. The number of para-hydroxylation sites is 1. The first-order valence-electron chi connectivity index (χ1n) is 7.15. The van der Waals surface area contributed by atoms with Crippen LogP contribution >= 0.6 is 11.6 Å². The number of halogens is 1. The van der Waals surface area contributed by atoms with E-state index in [1.54, 1.807) is 11.6 Å². The van der Waals surface area contributed by atoms with E-state index >= 15 is 0 Å². The number of rotatable bonds is 4. The molecule has 2 aromatic heterocycles. The van der Waals surface area contributed by atoms with Gasteiger partial charge in [0.1, 0.15) is 23.9 Å². The predicted molar refractivity (Wildman–Crippen MR) is 87.9 cm³/mol. The number of carbonyl (C=O) groups is 1. The van der Waals surface area contributed by atoms with Gasteiger partial charge in [0.25, 0.3) is 0 Å². The van der Waals surface area contributed by atoms with Crippen molar-refractivity contribution in [3.63, 3.8) is 0 Å². The highest BCUT2D eigenvalue weighted by Gasteiger charge is 2.19. The molecular weight excluding hydrogens is 328 g/mol. The number of aromatic nitrogens is 3. The van der Waals surface area contributed by atoms with E-state index in [-0.39, 0.29) is 12.3 Å². The molecule has 0 amide bonds. The third-order valence-electron chi connectivity index (χ3n) is 3.48. The molecule has 0 aliphatic carbocycles. The van der Waals surface area contributed by atoms with Gasteiger partial charge in [0.2, 0.25) is 0 Å². The summed E-state index contributed by atoms with van der Waals surface area (Å²) in [5.41, 5.74) is 2.54. The van der Waals surface area contributed by atoms with Crippen molar-refractivity contribution in [1.82, 2.24) is 14.8 Å². The molecule has 0 radical (unpaired) electrons. The zero-order valence-corrected chi connectivity index (χ0v) is 13.5. The van der Waals surface area contributed by atoms with Crippen molar-refractivity contribution >= 4 is 17.6 Å². The maximum absolute atomic E-state index is 12.1. The van der Waals surface area contributed by atoms with Crippen molar-refractivity contribution in [2.75, 3.05) is 0 Å². The van der Waals surface area contributed by atoms with Crippen molar-refractivity contribution in [1.29, 1.82) is 5.26 Å². The monoisotopic (exact) mass is 340 g/mol. The minimum Gasteiger partial charge on any atom is -0.454 e. The van der Waals surface area contributed by atoms with Crippen LogP contribution in [0.25, 0.3) is 5.69 Å². The molecule has 7 heteroatoms. The number of aromatic amines is 1. The Bertz CT molecular complexity index is 922. The maximum Gasteiger partial charge on any atom is 0.355 e. The topological polar surface area (TPSA) is 83.7 Å². The number of esters is 1. The van der Waals surface area contributed by atoms with Crippen LogP contribution < -0.4 is 0 Å². The molecule has 0 bridgehead atoms. The fraction of sp³-hybridized carbons (Fsp3) is 0.118. The zero-order valence-electron chi connectivity index (χ0n) is 12.8. The first-order valence-corrected chi connectivity index (χ1v) is 7.53. The highest BCUT2D eigenvalue weighted by molar-refractivity contribution is 6.30. The van der Waals surface area contributed by atoms with Crippen molar-refractivity contribution in [3.05, 3.63) is 70.3 Å². The number of ether oxygens (including phenoxy) is 1. The summed E-state index contributed by atoms with van der Waals surface area (Å²) in [6, 6.07) is 13.0. The molecule has 0 aliphatic rings. The molecule has 2 heterocycles. The number of hydrogen-bond acceptors (Lipinski definition) is 4. The first kappa shape index (κ1) is 15.8. The summed E-state index contributed by atoms with van der Waals surface area (Å²) < 4.78 is 6.92. The van der Waals surface area contributed by atoms with E-state index in [2.05, 4.69) is 16.2 Å². The largest absolute Gasteiger partial charge is 0.454 e. The van der Waals surface area contributed by atoms with Gasteiger partial charge >= 0.3 is 5.97 Å². The Morgan fingerprint density at radius 2 is 2.17 bits per heavy atom. The smallest absolute Gasteiger partial charge is 0.355 e. The molecule has 1 aromatic carbocycles. The molecular formula is C17H13ClN4O2. The fourth-order valence-electron chi connectivity index (χ4n) is 2.33. The number of nitriles is 1. The Morgan fingerprint density at radius 3 is 2.79 bits per heavy atom. The van der Waals surface area contributed by atoms with Crippen LogP contribution in [0.15, 0.2) is 42.6 Å². The summed E-state index contributed by atoms with van der Waals surface area (Å²) in [5.74, 6) is -0.552. The summed E-state index contributed by atoms with van der Waals surface area (Å²) in [6.07, 6.45) is 1.50. The molecule has 6 nitrogen and oxygen atoms in total. The van der Waals surface area contributed by atoms with Gasteiger partial charge in [0.15, 0.2) is 0 Å². The fourth-order valence-corrected chi connectivity index (χ4v) is 2.50. The van der Waals surface area contributed by atoms with Gasteiger partial charge in [-0.25, -0.2) is 9.48 Å². The van der Waals surface area contributed by atoms with E-state index in [9.17, 15) is 10.1 Å². The molecule has 0 fully saturated rings. The molecule has 120 valence electrons. The van der Waals surface area contributed by atoms with Gasteiger partial charge in [-0.15, -0.1) is 0 Å². The Hall–Kier alpha value is -3.04. The number of carbonyl (C=O) groups excluding carboxylic acids is 1. The molecule has 1 N–H and O–H groups in total. The maximum atomic E-state index is 12.1. The van der Waals surface area contributed by atoms with Crippen LogP contribution in [-0.2, 0) is 11.3 Å². The number of nitrogens with zero attached hydrogens (tertiary/aromatic N) is 3. The lowest BCUT2D eigenvalue weighted by molar-refractivity contribution is 0.0458. The van der Waals surface area contributed by atoms with Crippen LogP contribution in [0.2, 0.25) is 5.02 Å². The summed E-state index contributed by atoms with van der Waals surface area (Å²) in [4.78, 5) is 14.8. The van der Waals surface area contributed by atoms with Gasteiger partial charge in [0, 0.05) is 6.20 Å². The van der Waals surface area contributed by atoms with Gasteiger partial charge < -0.3 is 9.72 Å². The Morgan fingerprint density at radius 1 is 1.42 bits per heavy atom. The van der Waals surface area contributed by atoms with Gasteiger partial charge in [-0.1, -0.05) is 29.8 Å². The van der Waals surface area contributed by atoms with E-state index in [0.29, 0.717) is 22.0 Å². The van der Waals surface area contributed by atoms with E-state index < -0.39 is 5.97 Å². The van der Waals surface area contributed by atoms with E-state index in [0.717, 1.165) is 5.69 Å². The minimum absolute atomic E-state index is 0.0753. The number of nitrogens with one attached hydrogen (secondary N) is 1. The summed E-state index contributed by atoms with van der Waals surface area (Å²) in [5, 5.41) is 14.2. The van der Waals surface area contributed by atoms with Gasteiger partial charge in [-0.2, -0.15) is 10.4 Å². The summed E-state index contributed by atoms with van der Waals surface area (Å²) in [6.45, 7) is 1.67. The van der Waals surface area contributed by atoms with E-state index in [1.807, 2.05) is 30.3 Å². The molecule has 0 aliphatic heterocycles. The van der Waals surface area contributed by atoms with Crippen molar-refractivity contribution in [3.8, 4) is 11.8 Å². The van der Waals surface area contributed by atoms with Crippen LogP contribution in [0.1, 0.15) is 27.4 Å². The lowest BCUT2D eigenvalue weighted by atomic mass is 10.2. The molecule has 24 heavy (non-hydrogen) atoms. The number of benzene rings is 1. The predicted octanol–water partition coefficient (Wildman–Crippen LogP) is 3.39. The first-order chi connectivity index (χ1) is 11.6. The molecule has 3 rings (SSSR count). The SMILES string of the molecule is Cc1nn(-c2ccccc2)c(COC(=O)c2cc(Cl)c[nH]2)c1C#N. The minimum atomic E-state index is -0.552. The second kappa shape index (κ2) is 6.60. The quantitative estimate of drug-likeness (QED) is 0.738. The molecule has 0 saturated carbocycles. The van der Waals surface area contributed by atoms with Crippen LogP contribution in [0, 0.1) is 18.3 Å². The summed E-state index contributed by atoms with van der Waals surface area (Å²) >= 11 is 5.78. The number of H-pyrrole nitrogens is 1. The van der Waals surface area contributed by atoms with Crippen molar-refractivity contribution in [2.45, 2.75) is 13.5 Å². The van der Waals surface area contributed by atoms with Crippen molar-refractivity contribution < 1.29 is 9.53 Å². The highest BCUT2D eigenvalue weighted by atomic mass is 35.5. The normalized spacial score (nSPS) is 10.4. The third-order valence-corrected chi connectivity index (χ3v) is 3.69. The third kappa shape index (κ3) is 3.03. The highest BCUT2D eigenvalue weighted by Crippen LogP contribution is 2.19. The summed E-state index contributed by atoms with van der Waals surface area (Å²) in [7, 11) is 0. The Kier molecular flexibility index (Phi) is 4.36. The van der Waals surface area contributed by atoms with Crippen LogP contribution in [0.5, 0.6) is 0 Å². The van der Waals surface area contributed by atoms with E-state index in [4.69, 9.17) is 16.3 Å². The second-order valence-corrected chi connectivity index (χ2v) is 5.51. The number of aryl methyl sites for hydroxylation is 1.